The van der Waals surface area contributed by atoms with Crippen LogP contribution in [0, 0.1) is 5.82 Å². The predicted octanol–water partition coefficient (Wildman–Crippen LogP) is 4.00. The van der Waals surface area contributed by atoms with Gasteiger partial charge in [0.2, 0.25) is 0 Å². The van der Waals surface area contributed by atoms with Crippen LogP contribution in [0.15, 0.2) is 18.2 Å². The van der Waals surface area contributed by atoms with Crippen LogP contribution in [-0.4, -0.2) is 31.1 Å². The third kappa shape index (κ3) is 3.72. The molecule has 0 aromatic heterocycles. The Hall–Kier alpha value is -0.640. The highest BCUT2D eigenvalue weighted by molar-refractivity contribution is 6.31. The van der Waals surface area contributed by atoms with Gasteiger partial charge >= 0.3 is 0 Å². The van der Waals surface area contributed by atoms with Crippen molar-refractivity contribution in [2.24, 2.45) is 0 Å². The molecule has 1 saturated heterocycles. The van der Waals surface area contributed by atoms with Gasteiger partial charge in [0, 0.05) is 17.1 Å². The Labute approximate surface area is 126 Å². The van der Waals surface area contributed by atoms with Gasteiger partial charge in [-0.1, -0.05) is 24.1 Å². The molecule has 1 aliphatic heterocycles. The van der Waals surface area contributed by atoms with Crippen molar-refractivity contribution in [1.82, 2.24) is 10.2 Å². The summed E-state index contributed by atoms with van der Waals surface area (Å²) in [5, 5.41) is 3.77. The fourth-order valence-corrected chi connectivity index (χ4v) is 3.50. The molecule has 0 spiro atoms. The van der Waals surface area contributed by atoms with Crippen LogP contribution in [0.4, 0.5) is 4.39 Å². The quantitative estimate of drug-likeness (QED) is 0.884. The highest BCUT2D eigenvalue weighted by Crippen LogP contribution is 2.33. The number of rotatable bonds is 5. The van der Waals surface area contributed by atoms with Gasteiger partial charge in [-0.05, 0) is 64.0 Å². The summed E-state index contributed by atoms with van der Waals surface area (Å²) >= 11 is 6.22. The Bertz CT molecular complexity index is 438. The minimum absolute atomic E-state index is 0.241. The van der Waals surface area contributed by atoms with E-state index in [0.717, 1.165) is 25.1 Å². The van der Waals surface area contributed by atoms with Crippen LogP contribution >= 0.6 is 11.6 Å². The Morgan fingerprint density at radius 1 is 1.45 bits per heavy atom. The molecule has 1 fully saturated rings. The molecule has 1 aliphatic rings. The van der Waals surface area contributed by atoms with Crippen molar-refractivity contribution in [3.8, 4) is 0 Å². The lowest BCUT2D eigenvalue weighted by Gasteiger charge is -2.40. The molecule has 0 bridgehead atoms. The van der Waals surface area contributed by atoms with E-state index in [1.54, 1.807) is 0 Å². The molecule has 1 N–H and O–H groups in total. The topological polar surface area (TPSA) is 15.3 Å². The second kappa shape index (κ2) is 7.39. The summed E-state index contributed by atoms with van der Waals surface area (Å²) in [5.74, 6) is -0.267. The lowest BCUT2D eigenvalue weighted by atomic mass is 9.95. The second-order valence-corrected chi connectivity index (χ2v) is 6.03. The fraction of sp³-hybridized carbons (Fsp3) is 0.625. The molecule has 1 aromatic carbocycles. The van der Waals surface area contributed by atoms with Gasteiger partial charge in [-0.2, -0.15) is 0 Å². The van der Waals surface area contributed by atoms with E-state index >= 15 is 0 Å². The maximum atomic E-state index is 13.2. The smallest absolute Gasteiger partial charge is 0.124 e. The SMILES string of the molecule is CNCCC1CCCCN1C(C)c1ccc(F)cc1Cl. The highest BCUT2D eigenvalue weighted by Gasteiger charge is 2.27. The molecular formula is C16H24ClFN2. The number of piperidine rings is 1. The molecule has 1 heterocycles. The number of hydrogen-bond donors (Lipinski definition) is 1. The van der Waals surface area contributed by atoms with Gasteiger partial charge in [0.25, 0.3) is 0 Å². The van der Waals surface area contributed by atoms with Crippen molar-refractivity contribution in [3.05, 3.63) is 34.6 Å². The lowest BCUT2D eigenvalue weighted by molar-refractivity contribution is 0.0972. The third-order valence-corrected chi connectivity index (χ3v) is 4.64. The van der Waals surface area contributed by atoms with E-state index in [0.29, 0.717) is 11.1 Å². The van der Waals surface area contributed by atoms with E-state index in [1.807, 2.05) is 13.1 Å². The number of likely N-dealkylation sites (tertiary alicyclic amines) is 1. The summed E-state index contributed by atoms with van der Waals surface area (Å²) in [6.45, 7) is 4.31. The number of benzene rings is 1. The fourth-order valence-electron chi connectivity index (χ4n) is 3.17. The first-order chi connectivity index (χ1) is 9.63. The van der Waals surface area contributed by atoms with Crippen molar-refractivity contribution < 1.29 is 4.39 Å². The molecule has 0 amide bonds. The Morgan fingerprint density at radius 2 is 2.25 bits per heavy atom. The third-order valence-electron chi connectivity index (χ3n) is 4.31. The minimum atomic E-state index is -0.267. The van der Waals surface area contributed by atoms with Gasteiger partial charge in [0.1, 0.15) is 5.82 Å². The van der Waals surface area contributed by atoms with Crippen molar-refractivity contribution in [2.45, 2.75) is 44.7 Å². The van der Waals surface area contributed by atoms with Crippen LogP contribution in [0.5, 0.6) is 0 Å². The molecule has 112 valence electrons. The zero-order valence-electron chi connectivity index (χ0n) is 12.3. The molecule has 20 heavy (non-hydrogen) atoms. The summed E-state index contributed by atoms with van der Waals surface area (Å²) in [6.07, 6.45) is 4.93. The standard InChI is InChI=1S/C16H24ClFN2/c1-12(15-7-6-13(18)11-16(15)17)20-10-4-3-5-14(20)8-9-19-2/h6-7,11-12,14,19H,3-5,8-10H2,1-2H3. The monoisotopic (exact) mass is 298 g/mol. The summed E-state index contributed by atoms with van der Waals surface area (Å²) in [5.41, 5.74) is 1.03. The zero-order chi connectivity index (χ0) is 14.5. The summed E-state index contributed by atoms with van der Waals surface area (Å²) in [6, 6.07) is 5.58. The van der Waals surface area contributed by atoms with Crippen LogP contribution in [0.1, 0.15) is 44.2 Å². The van der Waals surface area contributed by atoms with Gasteiger partial charge in [0.05, 0.1) is 0 Å². The van der Waals surface area contributed by atoms with Crippen LogP contribution in [0.2, 0.25) is 5.02 Å². The normalized spacial score (nSPS) is 21.9. The van der Waals surface area contributed by atoms with Crippen LogP contribution in [-0.2, 0) is 0 Å². The molecule has 0 radical (unpaired) electrons. The minimum Gasteiger partial charge on any atom is -0.320 e. The van der Waals surface area contributed by atoms with Crippen molar-refractivity contribution in [3.63, 3.8) is 0 Å². The first kappa shape index (κ1) is 15.7. The molecule has 1 aromatic rings. The Kier molecular flexibility index (Phi) is 5.82. The average molecular weight is 299 g/mol. The van der Waals surface area contributed by atoms with Crippen molar-refractivity contribution >= 4 is 11.6 Å². The highest BCUT2D eigenvalue weighted by atomic mass is 35.5. The first-order valence-electron chi connectivity index (χ1n) is 7.48. The maximum Gasteiger partial charge on any atom is 0.124 e. The molecule has 0 saturated carbocycles. The van der Waals surface area contributed by atoms with Gasteiger partial charge in [-0.25, -0.2) is 4.39 Å². The first-order valence-corrected chi connectivity index (χ1v) is 7.86. The summed E-state index contributed by atoms with van der Waals surface area (Å²) < 4.78 is 13.2. The number of nitrogens with zero attached hydrogens (tertiary/aromatic N) is 1. The molecule has 2 nitrogen and oxygen atoms in total. The van der Waals surface area contributed by atoms with E-state index in [-0.39, 0.29) is 11.9 Å². The van der Waals surface area contributed by atoms with Gasteiger partial charge in [-0.15, -0.1) is 0 Å². The average Bonchev–Trinajstić information content (AvgIpc) is 2.45. The van der Waals surface area contributed by atoms with Gasteiger partial charge in [0.15, 0.2) is 0 Å². The van der Waals surface area contributed by atoms with Crippen LogP contribution in [0.3, 0.4) is 0 Å². The van der Waals surface area contributed by atoms with E-state index in [1.165, 1.54) is 31.4 Å². The molecule has 2 rings (SSSR count). The van der Waals surface area contributed by atoms with E-state index in [4.69, 9.17) is 11.6 Å². The predicted molar refractivity (Wildman–Crippen MR) is 82.7 cm³/mol. The van der Waals surface area contributed by atoms with Gasteiger partial charge in [-0.3, -0.25) is 4.90 Å². The zero-order valence-corrected chi connectivity index (χ0v) is 13.1. The molecular weight excluding hydrogens is 275 g/mol. The molecule has 2 atom stereocenters. The van der Waals surface area contributed by atoms with E-state index < -0.39 is 0 Å². The van der Waals surface area contributed by atoms with Crippen molar-refractivity contribution in [2.75, 3.05) is 20.1 Å². The van der Waals surface area contributed by atoms with E-state index in [9.17, 15) is 4.39 Å². The molecule has 0 aliphatic carbocycles. The summed E-state index contributed by atoms with van der Waals surface area (Å²) in [4.78, 5) is 2.53. The van der Waals surface area contributed by atoms with E-state index in [2.05, 4.69) is 17.1 Å². The number of halogens is 2. The largest absolute Gasteiger partial charge is 0.320 e. The number of hydrogen-bond acceptors (Lipinski definition) is 2. The van der Waals surface area contributed by atoms with Crippen molar-refractivity contribution in [1.29, 1.82) is 0 Å². The van der Waals surface area contributed by atoms with Crippen LogP contribution < -0.4 is 5.32 Å². The Morgan fingerprint density at radius 3 is 2.95 bits per heavy atom. The number of nitrogens with one attached hydrogen (secondary N) is 1. The van der Waals surface area contributed by atoms with Crippen LogP contribution in [0.25, 0.3) is 0 Å². The Balaban J connectivity index is 2.13. The second-order valence-electron chi connectivity index (χ2n) is 5.62. The lowest BCUT2D eigenvalue weighted by Crippen LogP contribution is -2.42. The summed E-state index contributed by atoms with van der Waals surface area (Å²) in [7, 11) is 1.99. The molecule has 4 heteroatoms. The molecule has 2 unspecified atom stereocenters. The van der Waals surface area contributed by atoms with Gasteiger partial charge < -0.3 is 5.32 Å². The maximum absolute atomic E-state index is 13.2.